The predicted molar refractivity (Wildman–Crippen MR) is 82.5 cm³/mol. The third-order valence-electron chi connectivity index (χ3n) is 3.60. The number of hydrogen-bond acceptors (Lipinski definition) is 4. The number of ether oxygens (including phenoxy) is 2. The van der Waals surface area contributed by atoms with Crippen LogP contribution in [0.4, 0.5) is 0 Å². The minimum Gasteiger partial charge on any atom is -0.486 e. The minimum absolute atomic E-state index is 0.0982. The molecule has 0 aromatic heterocycles. The summed E-state index contributed by atoms with van der Waals surface area (Å²) in [6.07, 6.45) is 0. The van der Waals surface area contributed by atoms with E-state index in [-0.39, 0.29) is 6.04 Å². The molecule has 0 aliphatic carbocycles. The van der Waals surface area contributed by atoms with Gasteiger partial charge in [-0.05, 0) is 23.3 Å². The van der Waals surface area contributed by atoms with E-state index in [1.807, 2.05) is 36.4 Å². The van der Waals surface area contributed by atoms with Crippen LogP contribution < -0.4 is 20.5 Å². The minimum atomic E-state index is 0.0982. The lowest BCUT2D eigenvalue weighted by Gasteiger charge is -2.22. The third kappa shape index (κ3) is 3.35. The molecule has 0 fully saturated rings. The van der Waals surface area contributed by atoms with Crippen molar-refractivity contribution in [1.29, 1.82) is 0 Å². The molecule has 110 valence electrons. The van der Waals surface area contributed by atoms with Crippen molar-refractivity contribution in [3.05, 3.63) is 59.7 Å². The van der Waals surface area contributed by atoms with E-state index in [9.17, 15) is 0 Å². The average Bonchev–Trinajstić information content (AvgIpc) is 2.56. The zero-order chi connectivity index (χ0) is 14.5. The maximum absolute atomic E-state index is 5.91. The summed E-state index contributed by atoms with van der Waals surface area (Å²) in [4.78, 5) is 0. The Morgan fingerprint density at radius 3 is 2.52 bits per heavy atom. The first kappa shape index (κ1) is 13.9. The van der Waals surface area contributed by atoms with Crippen LogP contribution in [0.2, 0.25) is 0 Å². The van der Waals surface area contributed by atoms with Gasteiger partial charge in [-0.1, -0.05) is 36.4 Å². The summed E-state index contributed by atoms with van der Waals surface area (Å²) in [5, 5.41) is 3.49. The Balaban J connectivity index is 1.71. The molecule has 1 aliphatic heterocycles. The van der Waals surface area contributed by atoms with E-state index in [1.54, 1.807) is 0 Å². The summed E-state index contributed by atoms with van der Waals surface area (Å²) >= 11 is 0. The molecule has 3 rings (SSSR count). The number of nitrogens with two attached hydrogens (primary N) is 1. The van der Waals surface area contributed by atoms with Gasteiger partial charge in [-0.15, -0.1) is 0 Å². The molecule has 0 radical (unpaired) electrons. The Morgan fingerprint density at radius 1 is 1.00 bits per heavy atom. The fraction of sp³-hybridized carbons (Fsp3) is 0.294. The summed E-state index contributed by atoms with van der Waals surface area (Å²) in [7, 11) is 0. The molecule has 1 aliphatic rings. The van der Waals surface area contributed by atoms with Crippen molar-refractivity contribution in [1.82, 2.24) is 5.32 Å². The predicted octanol–water partition coefficient (Wildman–Crippen LogP) is 2.25. The molecule has 0 spiro atoms. The van der Waals surface area contributed by atoms with Crippen molar-refractivity contribution in [2.75, 3.05) is 19.8 Å². The van der Waals surface area contributed by atoms with Crippen LogP contribution in [-0.4, -0.2) is 19.8 Å². The van der Waals surface area contributed by atoms with Crippen molar-refractivity contribution in [3.8, 4) is 11.5 Å². The van der Waals surface area contributed by atoms with Gasteiger partial charge in [0.05, 0.1) is 0 Å². The molecule has 0 bridgehead atoms. The summed E-state index contributed by atoms with van der Waals surface area (Å²) in [5.74, 6) is 1.61. The first-order valence-electron chi connectivity index (χ1n) is 7.24. The van der Waals surface area contributed by atoms with Gasteiger partial charge in [-0.3, -0.25) is 0 Å². The highest BCUT2D eigenvalue weighted by Gasteiger charge is 2.15. The van der Waals surface area contributed by atoms with E-state index in [0.29, 0.717) is 19.8 Å². The van der Waals surface area contributed by atoms with E-state index in [4.69, 9.17) is 15.2 Å². The highest BCUT2D eigenvalue weighted by Crippen LogP contribution is 2.32. The third-order valence-corrected chi connectivity index (χ3v) is 3.60. The second-order valence-electron chi connectivity index (χ2n) is 5.06. The van der Waals surface area contributed by atoms with Crippen molar-refractivity contribution in [2.24, 2.45) is 5.73 Å². The molecule has 2 aromatic rings. The van der Waals surface area contributed by atoms with Crippen molar-refractivity contribution in [3.63, 3.8) is 0 Å². The van der Waals surface area contributed by atoms with Gasteiger partial charge in [0.25, 0.3) is 0 Å². The molecule has 1 heterocycles. The Kier molecular flexibility index (Phi) is 4.38. The molecule has 0 saturated heterocycles. The molecular weight excluding hydrogens is 264 g/mol. The molecule has 3 N–H and O–H groups in total. The highest BCUT2D eigenvalue weighted by molar-refractivity contribution is 5.44. The standard InChI is InChI=1S/C17H20N2O2/c18-11-15(19-12-13-4-2-1-3-5-13)14-6-7-16-17(10-14)21-9-8-20-16/h1-7,10,15,19H,8-9,11-12,18H2. The Labute approximate surface area is 124 Å². The quantitative estimate of drug-likeness (QED) is 0.884. The van der Waals surface area contributed by atoms with Gasteiger partial charge in [-0.25, -0.2) is 0 Å². The smallest absolute Gasteiger partial charge is 0.161 e. The van der Waals surface area contributed by atoms with E-state index in [1.165, 1.54) is 5.56 Å². The molecule has 1 atom stereocenters. The monoisotopic (exact) mass is 284 g/mol. The van der Waals surface area contributed by atoms with E-state index >= 15 is 0 Å². The molecule has 21 heavy (non-hydrogen) atoms. The van der Waals surface area contributed by atoms with Gasteiger partial charge in [0.1, 0.15) is 13.2 Å². The van der Waals surface area contributed by atoms with E-state index < -0.39 is 0 Å². The first-order chi connectivity index (χ1) is 10.4. The van der Waals surface area contributed by atoms with E-state index in [0.717, 1.165) is 23.6 Å². The Morgan fingerprint density at radius 2 is 1.76 bits per heavy atom. The SMILES string of the molecule is NCC(NCc1ccccc1)c1ccc2c(c1)OCCO2. The first-order valence-corrected chi connectivity index (χ1v) is 7.24. The second kappa shape index (κ2) is 6.61. The molecule has 2 aromatic carbocycles. The molecular formula is C17H20N2O2. The van der Waals surface area contributed by atoms with Gasteiger partial charge >= 0.3 is 0 Å². The van der Waals surface area contributed by atoms with Crippen molar-refractivity contribution in [2.45, 2.75) is 12.6 Å². The lowest BCUT2D eigenvalue weighted by atomic mass is 10.1. The van der Waals surface area contributed by atoms with Crippen LogP contribution >= 0.6 is 0 Å². The number of fused-ring (bicyclic) bond motifs is 1. The van der Waals surface area contributed by atoms with E-state index in [2.05, 4.69) is 17.4 Å². The van der Waals surface area contributed by atoms with Crippen LogP contribution in [0.15, 0.2) is 48.5 Å². The lowest BCUT2D eigenvalue weighted by Crippen LogP contribution is -2.28. The van der Waals surface area contributed by atoms with Crippen LogP contribution in [0.25, 0.3) is 0 Å². The van der Waals surface area contributed by atoms with Gasteiger partial charge in [0.15, 0.2) is 11.5 Å². The zero-order valence-corrected chi connectivity index (χ0v) is 11.9. The summed E-state index contributed by atoms with van der Waals surface area (Å²) in [6, 6.07) is 16.4. The number of rotatable bonds is 5. The van der Waals surface area contributed by atoms with Crippen LogP contribution in [0.1, 0.15) is 17.2 Å². The normalized spacial score (nSPS) is 14.7. The maximum atomic E-state index is 5.91. The zero-order valence-electron chi connectivity index (χ0n) is 11.9. The summed E-state index contributed by atoms with van der Waals surface area (Å²) in [6.45, 7) is 2.53. The van der Waals surface area contributed by atoms with Crippen LogP contribution in [-0.2, 0) is 6.54 Å². The van der Waals surface area contributed by atoms with Crippen LogP contribution in [0.5, 0.6) is 11.5 Å². The summed E-state index contributed by atoms with van der Waals surface area (Å²) in [5.41, 5.74) is 8.28. The topological polar surface area (TPSA) is 56.5 Å². The van der Waals surface area contributed by atoms with Crippen LogP contribution in [0.3, 0.4) is 0 Å². The molecule has 0 amide bonds. The molecule has 4 nitrogen and oxygen atoms in total. The molecule has 0 saturated carbocycles. The number of hydrogen-bond donors (Lipinski definition) is 2. The van der Waals surface area contributed by atoms with Gasteiger partial charge in [0.2, 0.25) is 0 Å². The molecule has 4 heteroatoms. The number of nitrogens with one attached hydrogen (secondary N) is 1. The Bertz CT molecular complexity index is 587. The Hall–Kier alpha value is -2.04. The largest absolute Gasteiger partial charge is 0.486 e. The van der Waals surface area contributed by atoms with Crippen LogP contribution in [0, 0.1) is 0 Å². The maximum Gasteiger partial charge on any atom is 0.161 e. The average molecular weight is 284 g/mol. The highest BCUT2D eigenvalue weighted by atomic mass is 16.6. The fourth-order valence-electron chi connectivity index (χ4n) is 2.45. The van der Waals surface area contributed by atoms with Gasteiger partial charge in [-0.2, -0.15) is 0 Å². The lowest BCUT2D eigenvalue weighted by molar-refractivity contribution is 0.171. The number of benzene rings is 2. The van der Waals surface area contributed by atoms with Crippen molar-refractivity contribution < 1.29 is 9.47 Å². The van der Waals surface area contributed by atoms with Crippen molar-refractivity contribution >= 4 is 0 Å². The second-order valence-corrected chi connectivity index (χ2v) is 5.06. The summed E-state index contributed by atoms with van der Waals surface area (Å²) < 4.78 is 11.2. The van der Waals surface area contributed by atoms with Gasteiger partial charge in [0, 0.05) is 19.1 Å². The molecule has 1 unspecified atom stereocenters. The fourth-order valence-corrected chi connectivity index (χ4v) is 2.45. The van der Waals surface area contributed by atoms with Gasteiger partial charge < -0.3 is 20.5 Å².